The molecule has 0 spiro atoms. The maximum absolute atomic E-state index is 10.6. The molecule has 0 aliphatic carbocycles. The molecule has 2 saturated heterocycles. The van der Waals surface area contributed by atoms with E-state index in [0.717, 1.165) is 51.4 Å². The summed E-state index contributed by atoms with van der Waals surface area (Å²) in [5.74, 6) is 0.833. The molecule has 5 nitrogen and oxygen atoms in total. The number of carbonyl (C=O) groups is 1. The second kappa shape index (κ2) is 12.7. The van der Waals surface area contributed by atoms with E-state index in [1.54, 1.807) is 0 Å². The Kier molecular flexibility index (Phi) is 11.3. The van der Waals surface area contributed by atoms with E-state index in [1.165, 1.54) is 39.1 Å². The molecule has 0 saturated carbocycles. The maximum atomic E-state index is 10.6. The molecule has 5 heteroatoms. The quantitative estimate of drug-likeness (QED) is 0.666. The highest BCUT2D eigenvalue weighted by molar-refractivity contribution is 5.47. The van der Waals surface area contributed by atoms with E-state index >= 15 is 0 Å². The average molecular weight is 342 g/mol. The summed E-state index contributed by atoms with van der Waals surface area (Å²) in [5, 5.41) is 0. The molecule has 24 heavy (non-hydrogen) atoms. The molecule has 0 aromatic rings. The molecule has 142 valence electrons. The minimum Gasteiger partial charge on any atom is -0.377 e. The Balaban J connectivity index is 0.000000648. The van der Waals surface area contributed by atoms with Crippen molar-refractivity contribution in [3.05, 3.63) is 0 Å². The van der Waals surface area contributed by atoms with E-state index in [9.17, 15) is 4.79 Å². The third-order valence-electron chi connectivity index (χ3n) is 4.39. The van der Waals surface area contributed by atoms with Crippen molar-refractivity contribution in [3.63, 3.8) is 0 Å². The van der Waals surface area contributed by atoms with Gasteiger partial charge in [-0.2, -0.15) is 0 Å². The standard InChI is InChI=1S/C15H29N3O2.C4H10/c1-2-5-16-8-10-17(11-9-16)12-13-20-15-3-6-18(14-19)7-4-15;1-4(2)3/h14-15H,2-13H2,1H3;4H,1-3H3. The van der Waals surface area contributed by atoms with Gasteiger partial charge in [-0.1, -0.05) is 27.7 Å². The number of ether oxygens (including phenoxy) is 1. The lowest BCUT2D eigenvalue weighted by Gasteiger charge is -2.35. The van der Waals surface area contributed by atoms with Crippen molar-refractivity contribution in [2.75, 3.05) is 59.0 Å². The van der Waals surface area contributed by atoms with Gasteiger partial charge >= 0.3 is 0 Å². The van der Waals surface area contributed by atoms with Gasteiger partial charge in [0, 0.05) is 45.8 Å². The Morgan fingerprint density at radius 3 is 1.92 bits per heavy atom. The van der Waals surface area contributed by atoms with Gasteiger partial charge in [0.2, 0.25) is 6.41 Å². The van der Waals surface area contributed by atoms with Crippen molar-refractivity contribution >= 4 is 6.41 Å². The van der Waals surface area contributed by atoms with Gasteiger partial charge in [-0.15, -0.1) is 0 Å². The first-order chi connectivity index (χ1) is 11.5. The van der Waals surface area contributed by atoms with Crippen LogP contribution in [0.25, 0.3) is 0 Å². The number of likely N-dealkylation sites (tertiary alicyclic amines) is 1. The van der Waals surface area contributed by atoms with Crippen LogP contribution in [0.5, 0.6) is 0 Å². The molecule has 0 radical (unpaired) electrons. The van der Waals surface area contributed by atoms with E-state index in [0.29, 0.717) is 6.10 Å². The van der Waals surface area contributed by atoms with Crippen LogP contribution in [0.4, 0.5) is 0 Å². The number of piperazine rings is 1. The summed E-state index contributed by atoms with van der Waals surface area (Å²) in [6.45, 7) is 18.3. The smallest absolute Gasteiger partial charge is 0.209 e. The number of hydrogen-bond donors (Lipinski definition) is 0. The van der Waals surface area contributed by atoms with Crippen LogP contribution < -0.4 is 0 Å². The van der Waals surface area contributed by atoms with Crippen molar-refractivity contribution in [2.45, 2.75) is 53.1 Å². The number of hydrogen-bond acceptors (Lipinski definition) is 4. The van der Waals surface area contributed by atoms with Crippen LogP contribution in [0.2, 0.25) is 0 Å². The Morgan fingerprint density at radius 2 is 1.46 bits per heavy atom. The number of rotatable bonds is 7. The first-order valence-electron chi connectivity index (χ1n) is 9.80. The molecule has 0 aromatic carbocycles. The van der Waals surface area contributed by atoms with Crippen LogP contribution in [0.15, 0.2) is 0 Å². The molecule has 2 heterocycles. The first-order valence-corrected chi connectivity index (χ1v) is 9.80. The number of carbonyl (C=O) groups excluding carboxylic acids is 1. The molecule has 2 aliphatic rings. The zero-order valence-electron chi connectivity index (χ0n) is 16.4. The SMILES string of the molecule is CC(C)C.CCCN1CCN(CCOC2CCN(C=O)CC2)CC1. The van der Waals surface area contributed by atoms with Gasteiger partial charge in [0.25, 0.3) is 0 Å². The molecule has 0 aromatic heterocycles. The van der Waals surface area contributed by atoms with Gasteiger partial charge in [0.1, 0.15) is 0 Å². The van der Waals surface area contributed by atoms with E-state index in [4.69, 9.17) is 4.74 Å². The largest absolute Gasteiger partial charge is 0.377 e. The summed E-state index contributed by atoms with van der Waals surface area (Å²) in [4.78, 5) is 17.5. The Morgan fingerprint density at radius 1 is 0.958 bits per heavy atom. The van der Waals surface area contributed by atoms with Crippen molar-refractivity contribution in [1.82, 2.24) is 14.7 Å². The van der Waals surface area contributed by atoms with Crippen LogP contribution in [0.1, 0.15) is 47.0 Å². The molecule has 0 N–H and O–H groups in total. The van der Waals surface area contributed by atoms with Gasteiger partial charge in [-0.3, -0.25) is 9.69 Å². The molecule has 2 aliphatic heterocycles. The Hall–Kier alpha value is -0.650. The van der Waals surface area contributed by atoms with E-state index in [1.807, 2.05) is 4.90 Å². The summed E-state index contributed by atoms with van der Waals surface area (Å²) in [5.41, 5.74) is 0. The fraction of sp³-hybridized carbons (Fsp3) is 0.947. The highest BCUT2D eigenvalue weighted by Gasteiger charge is 2.19. The first kappa shape index (κ1) is 21.4. The molecule has 0 unspecified atom stereocenters. The van der Waals surface area contributed by atoms with Crippen LogP contribution in [-0.4, -0.2) is 86.2 Å². The molecular formula is C19H39N3O2. The summed E-state index contributed by atoms with van der Waals surface area (Å²) >= 11 is 0. The minimum atomic E-state index is 0.354. The lowest BCUT2D eigenvalue weighted by molar-refractivity contribution is -0.120. The predicted octanol–water partition coefficient (Wildman–Crippen LogP) is 2.31. The second-order valence-electron chi connectivity index (χ2n) is 7.63. The minimum absolute atomic E-state index is 0.354. The third-order valence-corrected chi connectivity index (χ3v) is 4.39. The fourth-order valence-corrected chi connectivity index (χ4v) is 3.05. The van der Waals surface area contributed by atoms with E-state index < -0.39 is 0 Å². The summed E-state index contributed by atoms with van der Waals surface area (Å²) < 4.78 is 5.95. The second-order valence-corrected chi connectivity index (χ2v) is 7.63. The zero-order valence-corrected chi connectivity index (χ0v) is 16.4. The average Bonchev–Trinajstić information content (AvgIpc) is 2.57. The fourth-order valence-electron chi connectivity index (χ4n) is 3.05. The molecule has 2 fully saturated rings. The van der Waals surface area contributed by atoms with Crippen molar-refractivity contribution in [2.24, 2.45) is 5.92 Å². The van der Waals surface area contributed by atoms with Gasteiger partial charge in [-0.25, -0.2) is 0 Å². The van der Waals surface area contributed by atoms with Gasteiger partial charge in [-0.05, 0) is 31.7 Å². The number of amides is 1. The topological polar surface area (TPSA) is 36.0 Å². The van der Waals surface area contributed by atoms with Gasteiger partial charge < -0.3 is 14.5 Å². The highest BCUT2D eigenvalue weighted by atomic mass is 16.5. The Bertz CT molecular complexity index is 307. The lowest BCUT2D eigenvalue weighted by Crippen LogP contribution is -2.47. The summed E-state index contributed by atoms with van der Waals surface area (Å²) in [6, 6.07) is 0. The monoisotopic (exact) mass is 341 g/mol. The van der Waals surface area contributed by atoms with Crippen LogP contribution >= 0.6 is 0 Å². The molecule has 2 rings (SSSR count). The van der Waals surface area contributed by atoms with Gasteiger partial charge in [0.15, 0.2) is 0 Å². The van der Waals surface area contributed by atoms with Gasteiger partial charge in [0.05, 0.1) is 12.7 Å². The van der Waals surface area contributed by atoms with Crippen LogP contribution in [0, 0.1) is 5.92 Å². The van der Waals surface area contributed by atoms with E-state index in [-0.39, 0.29) is 0 Å². The maximum Gasteiger partial charge on any atom is 0.209 e. The summed E-state index contributed by atoms with van der Waals surface area (Å²) in [6.07, 6.45) is 4.54. The summed E-state index contributed by atoms with van der Waals surface area (Å²) in [7, 11) is 0. The van der Waals surface area contributed by atoms with Crippen molar-refractivity contribution in [3.8, 4) is 0 Å². The predicted molar refractivity (Wildman–Crippen MR) is 100 cm³/mol. The number of piperidine rings is 1. The molecule has 0 atom stereocenters. The lowest BCUT2D eigenvalue weighted by atomic mass is 10.1. The van der Waals surface area contributed by atoms with Crippen molar-refractivity contribution in [1.29, 1.82) is 0 Å². The molecule has 1 amide bonds. The van der Waals surface area contributed by atoms with Crippen LogP contribution in [0.3, 0.4) is 0 Å². The van der Waals surface area contributed by atoms with Crippen molar-refractivity contribution < 1.29 is 9.53 Å². The zero-order chi connectivity index (χ0) is 17.8. The molecular weight excluding hydrogens is 302 g/mol. The Labute approximate surface area is 149 Å². The third kappa shape index (κ3) is 9.60. The number of nitrogens with zero attached hydrogens (tertiary/aromatic N) is 3. The van der Waals surface area contributed by atoms with Crippen LogP contribution in [-0.2, 0) is 9.53 Å². The normalized spacial score (nSPS) is 20.8. The molecule has 0 bridgehead atoms. The van der Waals surface area contributed by atoms with E-state index in [2.05, 4.69) is 37.5 Å². The highest BCUT2D eigenvalue weighted by Crippen LogP contribution is 2.12.